The van der Waals surface area contributed by atoms with Gasteiger partial charge in [-0.05, 0) is 54.7 Å². The lowest BCUT2D eigenvalue weighted by molar-refractivity contribution is -0.0000808. The first-order valence-corrected chi connectivity index (χ1v) is 10.3. The number of carbonyl (C=O) groups excluding carboxylic acids is 1. The van der Waals surface area contributed by atoms with Crippen molar-refractivity contribution in [3.8, 4) is 0 Å². The lowest BCUT2D eigenvalue weighted by atomic mass is 9.72. The Morgan fingerprint density at radius 3 is 2.50 bits per heavy atom. The Morgan fingerprint density at radius 2 is 1.82 bits per heavy atom. The van der Waals surface area contributed by atoms with E-state index >= 15 is 0 Å². The monoisotopic (exact) mass is 393 g/mol. The quantitative estimate of drug-likeness (QED) is 0.855. The highest BCUT2D eigenvalue weighted by Crippen LogP contribution is 2.44. The fourth-order valence-corrected chi connectivity index (χ4v) is 5.09. The summed E-state index contributed by atoms with van der Waals surface area (Å²) < 4.78 is 32.7. The van der Waals surface area contributed by atoms with Crippen molar-refractivity contribution in [3.63, 3.8) is 0 Å². The number of nitrogens with one attached hydrogen (secondary N) is 1. The standard InChI is InChI=1S/C21H29F2N3O2/c22-18-9-16(10-19(23)11-18)13-25-14-17(21(15-25)3-7-28-8-4-21)12-24-20(27)26-5-1-2-6-26/h9-11,17H,1-8,12-15H2,(H,24,27). The minimum Gasteiger partial charge on any atom is -0.381 e. The second kappa shape index (κ2) is 8.33. The van der Waals surface area contributed by atoms with Gasteiger partial charge in [0.25, 0.3) is 0 Å². The van der Waals surface area contributed by atoms with Gasteiger partial charge < -0.3 is 15.0 Å². The highest BCUT2D eigenvalue weighted by Gasteiger charge is 2.47. The van der Waals surface area contributed by atoms with Crippen LogP contribution in [0.1, 0.15) is 31.2 Å². The summed E-state index contributed by atoms with van der Waals surface area (Å²) in [5.41, 5.74) is 0.754. The summed E-state index contributed by atoms with van der Waals surface area (Å²) in [6, 6.07) is 3.75. The van der Waals surface area contributed by atoms with E-state index in [4.69, 9.17) is 4.74 Å². The Hall–Kier alpha value is -1.73. The molecule has 1 N–H and O–H groups in total. The summed E-state index contributed by atoms with van der Waals surface area (Å²) in [6.45, 7) is 6.01. The number of hydrogen-bond acceptors (Lipinski definition) is 3. The van der Waals surface area contributed by atoms with E-state index < -0.39 is 11.6 Å². The molecule has 0 bridgehead atoms. The van der Waals surface area contributed by atoms with Crippen molar-refractivity contribution < 1.29 is 18.3 Å². The van der Waals surface area contributed by atoms with Gasteiger partial charge in [0.05, 0.1) is 0 Å². The van der Waals surface area contributed by atoms with Gasteiger partial charge in [0, 0.05) is 58.5 Å². The topological polar surface area (TPSA) is 44.8 Å². The minimum absolute atomic E-state index is 0.0327. The van der Waals surface area contributed by atoms with Crippen LogP contribution in [-0.2, 0) is 11.3 Å². The zero-order valence-corrected chi connectivity index (χ0v) is 16.3. The minimum atomic E-state index is -0.538. The molecule has 7 heteroatoms. The largest absolute Gasteiger partial charge is 0.381 e. The van der Waals surface area contributed by atoms with Crippen molar-refractivity contribution in [2.75, 3.05) is 45.9 Å². The summed E-state index contributed by atoms with van der Waals surface area (Å²) >= 11 is 0. The van der Waals surface area contributed by atoms with Crippen LogP contribution in [0.3, 0.4) is 0 Å². The number of rotatable bonds is 4. The highest BCUT2D eigenvalue weighted by molar-refractivity contribution is 5.74. The molecular formula is C21H29F2N3O2. The van der Waals surface area contributed by atoms with E-state index in [1.165, 1.54) is 12.1 Å². The van der Waals surface area contributed by atoms with Gasteiger partial charge in [-0.25, -0.2) is 13.6 Å². The first kappa shape index (κ1) is 19.6. The van der Waals surface area contributed by atoms with Crippen LogP contribution in [0.2, 0.25) is 0 Å². The van der Waals surface area contributed by atoms with Crippen LogP contribution in [0.5, 0.6) is 0 Å². The van der Waals surface area contributed by atoms with Gasteiger partial charge in [0.1, 0.15) is 11.6 Å². The van der Waals surface area contributed by atoms with Crippen molar-refractivity contribution in [1.29, 1.82) is 0 Å². The van der Waals surface area contributed by atoms with Crippen LogP contribution >= 0.6 is 0 Å². The van der Waals surface area contributed by atoms with Crippen molar-refractivity contribution in [2.45, 2.75) is 32.2 Å². The van der Waals surface area contributed by atoms with Crippen molar-refractivity contribution in [2.24, 2.45) is 11.3 Å². The molecular weight excluding hydrogens is 364 g/mol. The lowest BCUT2D eigenvalue weighted by Crippen LogP contribution is -2.45. The molecule has 5 nitrogen and oxygen atoms in total. The maximum absolute atomic E-state index is 13.6. The molecule has 3 saturated heterocycles. The first-order valence-electron chi connectivity index (χ1n) is 10.3. The van der Waals surface area contributed by atoms with E-state index in [0.717, 1.165) is 71.1 Å². The number of nitrogens with zero attached hydrogens (tertiary/aromatic N) is 2. The molecule has 1 unspecified atom stereocenters. The third-order valence-electron chi connectivity index (χ3n) is 6.59. The molecule has 3 aliphatic heterocycles. The van der Waals surface area contributed by atoms with Gasteiger partial charge in [0.15, 0.2) is 0 Å². The second-order valence-electron chi connectivity index (χ2n) is 8.50. The van der Waals surface area contributed by atoms with Crippen LogP contribution in [0.15, 0.2) is 18.2 Å². The third kappa shape index (κ3) is 4.30. The molecule has 0 radical (unpaired) electrons. The zero-order valence-electron chi connectivity index (χ0n) is 16.3. The molecule has 1 spiro atoms. The van der Waals surface area contributed by atoms with Crippen molar-refractivity contribution >= 4 is 6.03 Å². The molecule has 1 aromatic carbocycles. The van der Waals surface area contributed by atoms with Crippen molar-refractivity contribution in [1.82, 2.24) is 15.1 Å². The maximum Gasteiger partial charge on any atom is 0.317 e. The van der Waals surface area contributed by atoms with Gasteiger partial charge in [-0.2, -0.15) is 0 Å². The molecule has 3 aliphatic rings. The number of benzene rings is 1. The Bertz CT molecular complexity index is 683. The predicted molar refractivity (Wildman–Crippen MR) is 102 cm³/mol. The first-order chi connectivity index (χ1) is 13.5. The molecule has 28 heavy (non-hydrogen) atoms. The molecule has 2 amide bonds. The van der Waals surface area contributed by atoms with Crippen LogP contribution in [0.25, 0.3) is 0 Å². The van der Waals surface area contributed by atoms with E-state index in [1.807, 2.05) is 4.90 Å². The normalized spacial score (nSPS) is 24.8. The lowest BCUT2D eigenvalue weighted by Gasteiger charge is -2.38. The SMILES string of the molecule is O=C(NCC1CN(Cc2cc(F)cc(F)c2)CC12CCOCC2)N1CCCC1. The molecule has 1 atom stereocenters. The van der Waals surface area contributed by atoms with Crippen LogP contribution in [0.4, 0.5) is 13.6 Å². The van der Waals surface area contributed by atoms with Crippen LogP contribution in [-0.4, -0.2) is 61.8 Å². The summed E-state index contributed by atoms with van der Waals surface area (Å²) in [7, 11) is 0. The van der Waals surface area contributed by atoms with Gasteiger partial charge in [-0.1, -0.05) is 0 Å². The average molecular weight is 393 g/mol. The number of ether oxygens (including phenoxy) is 1. The smallest absolute Gasteiger partial charge is 0.317 e. The molecule has 3 heterocycles. The molecule has 0 aliphatic carbocycles. The Labute approximate surface area is 165 Å². The fourth-order valence-electron chi connectivity index (χ4n) is 5.09. The van der Waals surface area contributed by atoms with Crippen molar-refractivity contribution in [3.05, 3.63) is 35.4 Å². The number of urea groups is 1. The van der Waals surface area contributed by atoms with E-state index in [2.05, 4.69) is 10.2 Å². The number of amides is 2. The highest BCUT2D eigenvalue weighted by atomic mass is 19.1. The number of carbonyl (C=O) groups is 1. The second-order valence-corrected chi connectivity index (χ2v) is 8.50. The van der Waals surface area contributed by atoms with Gasteiger partial charge in [-0.15, -0.1) is 0 Å². The van der Waals surface area contributed by atoms with Crippen LogP contribution < -0.4 is 5.32 Å². The molecule has 4 rings (SSSR count). The molecule has 0 aromatic heterocycles. The maximum atomic E-state index is 13.6. The Kier molecular flexibility index (Phi) is 5.83. The van der Waals surface area contributed by atoms with Crippen LogP contribution in [0, 0.1) is 23.0 Å². The van der Waals surface area contributed by atoms with E-state index in [0.29, 0.717) is 24.6 Å². The Balaban J connectivity index is 1.42. The third-order valence-corrected chi connectivity index (χ3v) is 6.59. The van der Waals surface area contributed by atoms with E-state index in [9.17, 15) is 13.6 Å². The summed E-state index contributed by atoms with van der Waals surface area (Å²) in [6.07, 6.45) is 4.09. The van der Waals surface area contributed by atoms with Gasteiger partial charge in [-0.3, -0.25) is 4.90 Å². The van der Waals surface area contributed by atoms with Gasteiger partial charge >= 0.3 is 6.03 Å². The summed E-state index contributed by atoms with van der Waals surface area (Å²) in [5, 5.41) is 3.14. The molecule has 1 aromatic rings. The van der Waals surface area contributed by atoms with Gasteiger partial charge in [0.2, 0.25) is 0 Å². The molecule has 0 saturated carbocycles. The molecule has 3 fully saturated rings. The number of hydrogen-bond donors (Lipinski definition) is 1. The zero-order chi connectivity index (χ0) is 19.6. The fraction of sp³-hybridized carbons (Fsp3) is 0.667. The average Bonchev–Trinajstić information content (AvgIpc) is 3.29. The summed E-state index contributed by atoms with van der Waals surface area (Å²) in [5.74, 6) is -0.754. The number of likely N-dealkylation sites (tertiary alicyclic amines) is 2. The molecule has 154 valence electrons. The predicted octanol–water partition coefficient (Wildman–Crippen LogP) is 3.00. The van der Waals surface area contributed by atoms with E-state index in [-0.39, 0.29) is 11.4 Å². The number of halogens is 2. The summed E-state index contributed by atoms with van der Waals surface area (Å²) in [4.78, 5) is 16.6. The van der Waals surface area contributed by atoms with E-state index in [1.54, 1.807) is 0 Å². The Morgan fingerprint density at radius 1 is 1.14 bits per heavy atom.